The minimum atomic E-state index is -0.827. The number of aliphatic hydroxyl groups is 1. The standard InChI is InChI=1S/C20H32O3/c1-6-19(3,22)12-13-20(4)14(2)10-11-15-16(18(21)23-5)8-7-9-17(15)20/h6,9,14-16,22H,1,7-8,10-13H2,2-5H3. The van der Waals surface area contributed by atoms with Crippen LogP contribution in [0.5, 0.6) is 0 Å². The number of fused-ring (bicyclic) bond motifs is 1. The molecular formula is C20H32O3. The number of hydrogen-bond acceptors (Lipinski definition) is 3. The first-order valence-corrected chi connectivity index (χ1v) is 8.89. The van der Waals surface area contributed by atoms with Gasteiger partial charge in [0.15, 0.2) is 0 Å². The van der Waals surface area contributed by atoms with Crippen molar-refractivity contribution < 1.29 is 14.6 Å². The number of carbonyl (C=O) groups excluding carboxylic acids is 1. The third kappa shape index (κ3) is 3.55. The Hall–Kier alpha value is -1.09. The van der Waals surface area contributed by atoms with Crippen LogP contribution >= 0.6 is 0 Å². The Kier molecular flexibility index (Phi) is 5.40. The lowest BCUT2D eigenvalue weighted by atomic mass is 9.55. The van der Waals surface area contributed by atoms with Crippen molar-refractivity contribution in [2.45, 2.75) is 64.9 Å². The van der Waals surface area contributed by atoms with Crippen molar-refractivity contribution in [3.05, 3.63) is 24.3 Å². The van der Waals surface area contributed by atoms with Gasteiger partial charge >= 0.3 is 5.97 Å². The lowest BCUT2D eigenvalue weighted by Crippen LogP contribution is -2.43. The molecule has 23 heavy (non-hydrogen) atoms. The lowest BCUT2D eigenvalue weighted by molar-refractivity contribution is -0.148. The van der Waals surface area contributed by atoms with Crippen LogP contribution in [-0.2, 0) is 9.53 Å². The molecule has 2 aliphatic carbocycles. The second-order valence-electron chi connectivity index (χ2n) is 7.93. The first-order valence-electron chi connectivity index (χ1n) is 8.89. The molecule has 0 heterocycles. The topological polar surface area (TPSA) is 46.5 Å². The number of carbonyl (C=O) groups is 1. The number of methoxy groups -OCH3 is 1. The van der Waals surface area contributed by atoms with Gasteiger partial charge in [0, 0.05) is 0 Å². The number of hydrogen-bond donors (Lipinski definition) is 1. The van der Waals surface area contributed by atoms with Crippen LogP contribution in [-0.4, -0.2) is 23.8 Å². The SMILES string of the molecule is C=CC(C)(O)CCC1(C)C2=CCCC(C(=O)OC)C2CCC1C. The summed E-state index contributed by atoms with van der Waals surface area (Å²) in [6.07, 6.45) is 9.66. The average Bonchev–Trinajstić information content (AvgIpc) is 2.55. The Bertz CT molecular complexity index is 491. The van der Waals surface area contributed by atoms with Crippen LogP contribution in [0.2, 0.25) is 0 Å². The highest BCUT2D eigenvalue weighted by atomic mass is 16.5. The van der Waals surface area contributed by atoms with Gasteiger partial charge in [-0.15, -0.1) is 6.58 Å². The monoisotopic (exact) mass is 320 g/mol. The van der Waals surface area contributed by atoms with Gasteiger partial charge in [-0.3, -0.25) is 4.79 Å². The van der Waals surface area contributed by atoms with Gasteiger partial charge < -0.3 is 9.84 Å². The summed E-state index contributed by atoms with van der Waals surface area (Å²) < 4.78 is 5.05. The number of rotatable bonds is 5. The first-order chi connectivity index (χ1) is 10.7. The van der Waals surface area contributed by atoms with Crippen LogP contribution in [0.3, 0.4) is 0 Å². The van der Waals surface area contributed by atoms with E-state index in [2.05, 4.69) is 26.5 Å². The van der Waals surface area contributed by atoms with E-state index >= 15 is 0 Å². The third-order valence-electron chi connectivity index (χ3n) is 6.48. The second-order valence-corrected chi connectivity index (χ2v) is 7.93. The summed E-state index contributed by atoms with van der Waals surface area (Å²) in [4.78, 5) is 12.2. The van der Waals surface area contributed by atoms with E-state index in [9.17, 15) is 9.90 Å². The lowest BCUT2D eigenvalue weighted by Gasteiger charge is -2.50. The fourth-order valence-electron chi connectivity index (χ4n) is 4.47. The molecule has 130 valence electrons. The smallest absolute Gasteiger partial charge is 0.309 e. The van der Waals surface area contributed by atoms with Crippen LogP contribution in [0.4, 0.5) is 0 Å². The molecule has 2 rings (SSSR count). The van der Waals surface area contributed by atoms with E-state index in [-0.39, 0.29) is 17.3 Å². The Balaban J connectivity index is 2.25. The molecule has 0 saturated heterocycles. The van der Waals surface area contributed by atoms with Gasteiger partial charge in [0.2, 0.25) is 0 Å². The van der Waals surface area contributed by atoms with E-state index < -0.39 is 5.60 Å². The van der Waals surface area contributed by atoms with Gasteiger partial charge in [-0.25, -0.2) is 0 Å². The quantitative estimate of drug-likeness (QED) is 0.608. The predicted octanol–water partition coefficient (Wildman–Crippen LogP) is 4.27. The molecule has 0 bridgehead atoms. The fraction of sp³-hybridized carbons (Fsp3) is 0.750. The summed E-state index contributed by atoms with van der Waals surface area (Å²) in [6, 6.07) is 0. The van der Waals surface area contributed by atoms with Gasteiger partial charge in [-0.2, -0.15) is 0 Å². The van der Waals surface area contributed by atoms with Crippen LogP contribution in [0.1, 0.15) is 59.3 Å². The van der Waals surface area contributed by atoms with Crippen molar-refractivity contribution >= 4 is 5.97 Å². The number of esters is 1. The van der Waals surface area contributed by atoms with E-state index in [0.29, 0.717) is 18.3 Å². The van der Waals surface area contributed by atoms with Crippen LogP contribution < -0.4 is 0 Å². The molecule has 0 spiro atoms. The Morgan fingerprint density at radius 1 is 1.52 bits per heavy atom. The number of allylic oxidation sites excluding steroid dienone is 2. The van der Waals surface area contributed by atoms with Crippen LogP contribution in [0.25, 0.3) is 0 Å². The summed E-state index contributed by atoms with van der Waals surface area (Å²) in [5, 5.41) is 10.3. The molecule has 0 aromatic heterocycles. The maximum absolute atomic E-state index is 12.2. The largest absolute Gasteiger partial charge is 0.469 e. The van der Waals surface area contributed by atoms with Crippen molar-refractivity contribution in [3.8, 4) is 0 Å². The molecule has 1 N–H and O–H groups in total. The summed E-state index contributed by atoms with van der Waals surface area (Å²) in [5.41, 5.74) is 0.646. The molecule has 0 aliphatic heterocycles. The van der Waals surface area contributed by atoms with Crippen molar-refractivity contribution in [3.63, 3.8) is 0 Å². The van der Waals surface area contributed by atoms with Gasteiger partial charge in [0.25, 0.3) is 0 Å². The molecule has 3 nitrogen and oxygen atoms in total. The second kappa shape index (κ2) is 6.80. The summed E-state index contributed by atoms with van der Waals surface area (Å²) >= 11 is 0. The van der Waals surface area contributed by atoms with Crippen molar-refractivity contribution in [1.82, 2.24) is 0 Å². The zero-order chi connectivity index (χ0) is 17.3. The Morgan fingerprint density at radius 2 is 2.22 bits per heavy atom. The van der Waals surface area contributed by atoms with Gasteiger partial charge in [0.1, 0.15) is 0 Å². The normalized spacial score (nSPS) is 36.4. The van der Waals surface area contributed by atoms with E-state index in [4.69, 9.17) is 4.74 Å². The molecule has 0 aromatic rings. The summed E-state index contributed by atoms with van der Waals surface area (Å²) in [5.74, 6) is 0.815. The minimum absolute atomic E-state index is 0.00624. The Morgan fingerprint density at radius 3 is 2.83 bits per heavy atom. The maximum Gasteiger partial charge on any atom is 0.309 e. The van der Waals surface area contributed by atoms with E-state index in [1.807, 2.05) is 6.92 Å². The average molecular weight is 320 g/mol. The number of ether oxygens (including phenoxy) is 1. The minimum Gasteiger partial charge on any atom is -0.469 e. The van der Waals surface area contributed by atoms with Crippen LogP contribution in [0, 0.1) is 23.2 Å². The zero-order valence-corrected chi connectivity index (χ0v) is 15.1. The molecule has 0 aromatic carbocycles. The van der Waals surface area contributed by atoms with Gasteiger partial charge in [0.05, 0.1) is 18.6 Å². The Labute approximate surface area is 140 Å². The highest BCUT2D eigenvalue weighted by Crippen LogP contribution is 2.55. The molecule has 0 radical (unpaired) electrons. The third-order valence-corrected chi connectivity index (χ3v) is 6.48. The molecule has 5 atom stereocenters. The van der Waals surface area contributed by atoms with Crippen molar-refractivity contribution in [2.75, 3.05) is 7.11 Å². The fourth-order valence-corrected chi connectivity index (χ4v) is 4.47. The van der Waals surface area contributed by atoms with E-state index in [1.54, 1.807) is 6.08 Å². The van der Waals surface area contributed by atoms with Crippen LogP contribution in [0.15, 0.2) is 24.3 Å². The molecule has 2 aliphatic rings. The first kappa shape index (κ1) is 18.3. The van der Waals surface area contributed by atoms with E-state index in [0.717, 1.165) is 32.1 Å². The van der Waals surface area contributed by atoms with E-state index in [1.165, 1.54) is 12.7 Å². The predicted molar refractivity (Wildman–Crippen MR) is 92.9 cm³/mol. The summed E-state index contributed by atoms with van der Waals surface area (Å²) in [7, 11) is 1.49. The van der Waals surface area contributed by atoms with Crippen molar-refractivity contribution in [2.24, 2.45) is 23.2 Å². The highest BCUT2D eigenvalue weighted by Gasteiger charge is 2.47. The maximum atomic E-state index is 12.2. The zero-order valence-electron chi connectivity index (χ0n) is 15.1. The molecule has 1 fully saturated rings. The molecular weight excluding hydrogens is 288 g/mol. The molecule has 1 saturated carbocycles. The van der Waals surface area contributed by atoms with Gasteiger partial charge in [-0.1, -0.05) is 31.6 Å². The molecule has 5 unspecified atom stereocenters. The van der Waals surface area contributed by atoms with Crippen molar-refractivity contribution in [1.29, 1.82) is 0 Å². The van der Waals surface area contributed by atoms with Gasteiger partial charge in [-0.05, 0) is 62.7 Å². The molecule has 0 amide bonds. The highest BCUT2D eigenvalue weighted by molar-refractivity contribution is 5.73. The summed E-state index contributed by atoms with van der Waals surface area (Å²) in [6.45, 7) is 10.2. The molecule has 3 heteroatoms.